The summed E-state index contributed by atoms with van der Waals surface area (Å²) in [6.07, 6.45) is 2.74. The topological polar surface area (TPSA) is 63.4 Å². The Kier molecular flexibility index (Phi) is 4.83. The highest BCUT2D eigenvalue weighted by Crippen LogP contribution is 2.25. The highest BCUT2D eigenvalue weighted by atomic mass is 32.2. The molecule has 2 rings (SSSR count). The van der Waals surface area contributed by atoms with Crippen LogP contribution in [0.3, 0.4) is 0 Å². The van der Waals surface area contributed by atoms with Crippen molar-refractivity contribution in [2.45, 2.75) is 44.0 Å². The molecule has 1 aliphatic heterocycles. The van der Waals surface area contributed by atoms with Crippen molar-refractivity contribution in [3.05, 3.63) is 29.8 Å². The van der Waals surface area contributed by atoms with Gasteiger partial charge in [-0.2, -0.15) is 4.31 Å². The maximum atomic E-state index is 12.7. The number of aryl methyl sites for hydroxylation is 1. The molecule has 2 atom stereocenters. The number of rotatable bonds is 4. The molecule has 0 bridgehead atoms. The molecule has 2 unspecified atom stereocenters. The predicted molar refractivity (Wildman–Crippen MR) is 81.0 cm³/mol. The van der Waals surface area contributed by atoms with E-state index in [1.165, 1.54) is 0 Å². The summed E-state index contributed by atoms with van der Waals surface area (Å²) in [5.74, 6) is 0.257. The fourth-order valence-electron chi connectivity index (χ4n) is 2.70. The third kappa shape index (κ3) is 3.22. The first kappa shape index (κ1) is 15.5. The summed E-state index contributed by atoms with van der Waals surface area (Å²) >= 11 is 0. The number of piperidine rings is 1. The molecule has 5 heteroatoms. The van der Waals surface area contributed by atoms with Crippen LogP contribution in [0.4, 0.5) is 0 Å². The lowest BCUT2D eigenvalue weighted by Crippen LogP contribution is -2.44. The first-order valence-corrected chi connectivity index (χ1v) is 8.74. The minimum absolute atomic E-state index is 0.0370. The Balaban J connectivity index is 2.25. The molecule has 0 aromatic heterocycles. The van der Waals surface area contributed by atoms with Gasteiger partial charge in [-0.25, -0.2) is 8.42 Å². The first-order chi connectivity index (χ1) is 9.45. The SMILES string of the molecule is CCc1cccc(S(=O)(=O)N2CCCC(C(C)N)C2)c1. The number of hydrogen-bond donors (Lipinski definition) is 1. The van der Waals surface area contributed by atoms with Gasteiger partial charge in [-0.1, -0.05) is 19.1 Å². The molecule has 2 N–H and O–H groups in total. The molecule has 0 spiro atoms. The highest BCUT2D eigenvalue weighted by Gasteiger charge is 2.31. The van der Waals surface area contributed by atoms with Crippen molar-refractivity contribution in [1.29, 1.82) is 0 Å². The van der Waals surface area contributed by atoms with E-state index in [9.17, 15) is 8.42 Å². The van der Waals surface area contributed by atoms with Gasteiger partial charge in [0.15, 0.2) is 0 Å². The molecule has 4 nitrogen and oxygen atoms in total. The molecule has 0 amide bonds. The lowest BCUT2D eigenvalue weighted by molar-refractivity contribution is 0.243. The van der Waals surface area contributed by atoms with Crippen LogP contribution in [0.1, 0.15) is 32.3 Å². The summed E-state index contributed by atoms with van der Waals surface area (Å²) in [7, 11) is -3.38. The van der Waals surface area contributed by atoms with E-state index in [0.717, 1.165) is 24.8 Å². The molecule has 1 aromatic rings. The second-order valence-electron chi connectivity index (χ2n) is 5.63. The second-order valence-corrected chi connectivity index (χ2v) is 7.56. The van der Waals surface area contributed by atoms with Crippen LogP contribution in [-0.4, -0.2) is 31.9 Å². The number of hydrogen-bond acceptors (Lipinski definition) is 3. The first-order valence-electron chi connectivity index (χ1n) is 7.30. The summed E-state index contributed by atoms with van der Waals surface area (Å²) in [5, 5.41) is 0. The maximum Gasteiger partial charge on any atom is 0.243 e. The van der Waals surface area contributed by atoms with Crippen molar-refractivity contribution in [3.8, 4) is 0 Å². The van der Waals surface area contributed by atoms with Gasteiger partial charge in [-0.05, 0) is 49.8 Å². The Morgan fingerprint density at radius 3 is 2.85 bits per heavy atom. The summed E-state index contributed by atoms with van der Waals surface area (Å²) in [4.78, 5) is 0.405. The van der Waals surface area contributed by atoms with E-state index < -0.39 is 10.0 Å². The van der Waals surface area contributed by atoms with Gasteiger partial charge < -0.3 is 5.73 Å². The Bertz CT molecular complexity index is 555. The van der Waals surface area contributed by atoms with Gasteiger partial charge in [0.25, 0.3) is 0 Å². The molecule has 1 heterocycles. The van der Waals surface area contributed by atoms with E-state index >= 15 is 0 Å². The monoisotopic (exact) mass is 296 g/mol. The quantitative estimate of drug-likeness (QED) is 0.924. The number of benzene rings is 1. The van der Waals surface area contributed by atoms with Crippen LogP contribution in [0.15, 0.2) is 29.2 Å². The summed E-state index contributed by atoms with van der Waals surface area (Å²) in [5.41, 5.74) is 6.98. The van der Waals surface area contributed by atoms with E-state index in [-0.39, 0.29) is 12.0 Å². The highest BCUT2D eigenvalue weighted by molar-refractivity contribution is 7.89. The zero-order chi connectivity index (χ0) is 14.8. The van der Waals surface area contributed by atoms with Gasteiger partial charge in [0.05, 0.1) is 4.90 Å². The van der Waals surface area contributed by atoms with Crippen molar-refractivity contribution < 1.29 is 8.42 Å². The average Bonchev–Trinajstić information content (AvgIpc) is 2.47. The molecule has 0 radical (unpaired) electrons. The van der Waals surface area contributed by atoms with Crippen LogP contribution in [0.25, 0.3) is 0 Å². The van der Waals surface area contributed by atoms with Crippen LogP contribution >= 0.6 is 0 Å². The van der Waals surface area contributed by atoms with E-state index in [1.807, 2.05) is 26.0 Å². The van der Waals surface area contributed by atoms with E-state index in [2.05, 4.69) is 0 Å². The predicted octanol–water partition coefficient (Wildman–Crippen LogP) is 2.00. The van der Waals surface area contributed by atoms with Gasteiger partial charge in [0.2, 0.25) is 10.0 Å². The van der Waals surface area contributed by atoms with Crippen LogP contribution in [0.2, 0.25) is 0 Å². The summed E-state index contributed by atoms with van der Waals surface area (Å²) in [6.45, 7) is 5.12. The number of nitrogens with zero attached hydrogens (tertiary/aromatic N) is 1. The molecular formula is C15H24N2O2S. The van der Waals surface area contributed by atoms with Crippen LogP contribution in [0.5, 0.6) is 0 Å². The maximum absolute atomic E-state index is 12.7. The number of nitrogens with two attached hydrogens (primary N) is 1. The van der Waals surface area contributed by atoms with Gasteiger partial charge in [0, 0.05) is 19.1 Å². The minimum Gasteiger partial charge on any atom is -0.328 e. The van der Waals surface area contributed by atoms with Gasteiger partial charge >= 0.3 is 0 Å². The van der Waals surface area contributed by atoms with E-state index in [4.69, 9.17) is 5.73 Å². The zero-order valence-corrected chi connectivity index (χ0v) is 13.1. The van der Waals surface area contributed by atoms with Crippen LogP contribution in [0, 0.1) is 5.92 Å². The fourth-order valence-corrected chi connectivity index (χ4v) is 4.30. The zero-order valence-electron chi connectivity index (χ0n) is 12.2. The molecule has 1 aliphatic rings. The van der Waals surface area contributed by atoms with Crippen molar-refractivity contribution >= 4 is 10.0 Å². The molecule has 1 saturated heterocycles. The molecule has 1 aromatic carbocycles. The Morgan fingerprint density at radius 1 is 1.45 bits per heavy atom. The Morgan fingerprint density at radius 2 is 2.20 bits per heavy atom. The third-order valence-corrected chi connectivity index (χ3v) is 5.97. The smallest absolute Gasteiger partial charge is 0.243 e. The lowest BCUT2D eigenvalue weighted by Gasteiger charge is -2.33. The molecule has 0 saturated carbocycles. The van der Waals surface area contributed by atoms with Gasteiger partial charge in [0.1, 0.15) is 0 Å². The normalized spacial score (nSPS) is 22.6. The van der Waals surface area contributed by atoms with Gasteiger partial charge in [-0.15, -0.1) is 0 Å². The summed E-state index contributed by atoms with van der Waals surface area (Å²) in [6, 6.07) is 7.28. The fraction of sp³-hybridized carbons (Fsp3) is 0.600. The largest absolute Gasteiger partial charge is 0.328 e. The minimum atomic E-state index is -3.38. The lowest BCUT2D eigenvalue weighted by atomic mass is 9.93. The van der Waals surface area contributed by atoms with E-state index in [0.29, 0.717) is 18.0 Å². The van der Waals surface area contributed by atoms with Crippen molar-refractivity contribution in [3.63, 3.8) is 0 Å². The third-order valence-electron chi connectivity index (χ3n) is 4.11. The Labute approximate surface area is 122 Å². The molecular weight excluding hydrogens is 272 g/mol. The second kappa shape index (κ2) is 6.24. The van der Waals surface area contributed by atoms with Crippen LogP contribution < -0.4 is 5.73 Å². The van der Waals surface area contributed by atoms with Crippen molar-refractivity contribution in [2.75, 3.05) is 13.1 Å². The van der Waals surface area contributed by atoms with Crippen molar-refractivity contribution in [2.24, 2.45) is 11.7 Å². The number of sulfonamides is 1. The summed E-state index contributed by atoms with van der Waals surface area (Å²) < 4.78 is 27.0. The molecule has 20 heavy (non-hydrogen) atoms. The molecule has 1 fully saturated rings. The van der Waals surface area contributed by atoms with Gasteiger partial charge in [-0.3, -0.25) is 0 Å². The molecule has 112 valence electrons. The Hall–Kier alpha value is -0.910. The average molecular weight is 296 g/mol. The van der Waals surface area contributed by atoms with E-state index in [1.54, 1.807) is 16.4 Å². The molecule has 0 aliphatic carbocycles. The standard InChI is InChI=1S/C15H24N2O2S/c1-3-13-6-4-8-15(10-13)20(18,19)17-9-5-7-14(11-17)12(2)16/h4,6,8,10,12,14H,3,5,7,9,11,16H2,1-2H3. The van der Waals surface area contributed by atoms with Crippen molar-refractivity contribution in [1.82, 2.24) is 4.31 Å². The van der Waals surface area contributed by atoms with Crippen LogP contribution in [-0.2, 0) is 16.4 Å².